The van der Waals surface area contributed by atoms with Crippen LogP contribution in [-0.2, 0) is 6.42 Å². The molecule has 0 aliphatic heterocycles. The number of nitriles is 1. The molecule has 1 rings (SSSR count). The van der Waals surface area contributed by atoms with E-state index < -0.39 is 0 Å². The standard InChI is InChI=1S/C8H8N2/c1-2-3-7-5-10-6-8(7)4-9/h2,5-6,10H,1,3H2. The molecule has 2 heteroatoms. The number of hydrogen-bond acceptors (Lipinski definition) is 1. The molecule has 0 aliphatic rings. The van der Waals surface area contributed by atoms with Crippen LogP contribution in [0.5, 0.6) is 0 Å². The van der Waals surface area contributed by atoms with E-state index in [-0.39, 0.29) is 0 Å². The van der Waals surface area contributed by atoms with Crippen LogP contribution in [0.3, 0.4) is 0 Å². The van der Waals surface area contributed by atoms with Crippen molar-refractivity contribution in [2.45, 2.75) is 6.42 Å². The van der Waals surface area contributed by atoms with Crippen molar-refractivity contribution in [2.24, 2.45) is 0 Å². The minimum atomic E-state index is 0.708. The Morgan fingerprint density at radius 1 is 1.70 bits per heavy atom. The smallest absolute Gasteiger partial charge is 0.101 e. The van der Waals surface area contributed by atoms with Crippen LogP contribution in [0.4, 0.5) is 0 Å². The number of allylic oxidation sites excluding steroid dienone is 1. The predicted molar refractivity (Wildman–Crippen MR) is 39.4 cm³/mol. The molecular weight excluding hydrogens is 124 g/mol. The van der Waals surface area contributed by atoms with E-state index in [4.69, 9.17) is 5.26 Å². The Kier molecular flexibility index (Phi) is 1.91. The fourth-order valence-corrected chi connectivity index (χ4v) is 0.825. The maximum atomic E-state index is 8.53. The van der Waals surface area contributed by atoms with Crippen molar-refractivity contribution in [1.82, 2.24) is 4.98 Å². The van der Waals surface area contributed by atoms with Gasteiger partial charge in [-0.3, -0.25) is 0 Å². The molecule has 0 aliphatic carbocycles. The number of nitrogens with zero attached hydrogens (tertiary/aromatic N) is 1. The zero-order valence-corrected chi connectivity index (χ0v) is 5.59. The van der Waals surface area contributed by atoms with E-state index >= 15 is 0 Å². The van der Waals surface area contributed by atoms with Gasteiger partial charge in [0.2, 0.25) is 0 Å². The van der Waals surface area contributed by atoms with Gasteiger partial charge in [0.15, 0.2) is 0 Å². The highest BCUT2D eigenvalue weighted by molar-refractivity contribution is 5.35. The number of aromatic nitrogens is 1. The minimum absolute atomic E-state index is 0.708. The van der Waals surface area contributed by atoms with Crippen LogP contribution < -0.4 is 0 Å². The van der Waals surface area contributed by atoms with E-state index in [2.05, 4.69) is 17.6 Å². The highest BCUT2D eigenvalue weighted by Crippen LogP contribution is 2.06. The second-order valence-corrected chi connectivity index (χ2v) is 2.00. The monoisotopic (exact) mass is 132 g/mol. The molecule has 0 saturated heterocycles. The third-order valence-corrected chi connectivity index (χ3v) is 1.32. The average molecular weight is 132 g/mol. The number of nitrogens with one attached hydrogen (secondary N) is 1. The maximum Gasteiger partial charge on any atom is 0.101 e. The van der Waals surface area contributed by atoms with Crippen LogP contribution in [0.15, 0.2) is 25.0 Å². The van der Waals surface area contributed by atoms with Crippen molar-refractivity contribution < 1.29 is 0 Å². The van der Waals surface area contributed by atoms with Gasteiger partial charge in [-0.15, -0.1) is 6.58 Å². The van der Waals surface area contributed by atoms with Gasteiger partial charge >= 0.3 is 0 Å². The Morgan fingerprint density at radius 2 is 2.50 bits per heavy atom. The molecule has 0 unspecified atom stereocenters. The normalized spacial score (nSPS) is 8.70. The van der Waals surface area contributed by atoms with Crippen molar-refractivity contribution in [2.75, 3.05) is 0 Å². The van der Waals surface area contributed by atoms with E-state index in [0.717, 1.165) is 12.0 Å². The molecule has 2 nitrogen and oxygen atoms in total. The van der Waals surface area contributed by atoms with Gasteiger partial charge in [-0.25, -0.2) is 0 Å². The molecule has 1 N–H and O–H groups in total. The van der Waals surface area contributed by atoms with Gasteiger partial charge in [0.05, 0.1) is 5.56 Å². The molecule has 0 aromatic carbocycles. The molecular formula is C8H8N2. The fourth-order valence-electron chi connectivity index (χ4n) is 0.825. The molecule has 0 atom stereocenters. The Hall–Kier alpha value is -1.49. The largest absolute Gasteiger partial charge is 0.366 e. The second kappa shape index (κ2) is 2.88. The molecule has 0 amide bonds. The number of hydrogen-bond donors (Lipinski definition) is 1. The lowest BCUT2D eigenvalue weighted by atomic mass is 10.1. The highest BCUT2D eigenvalue weighted by atomic mass is 14.6. The van der Waals surface area contributed by atoms with Crippen molar-refractivity contribution >= 4 is 0 Å². The van der Waals surface area contributed by atoms with Gasteiger partial charge in [0.1, 0.15) is 6.07 Å². The first kappa shape index (κ1) is 6.63. The molecule has 1 aromatic heterocycles. The highest BCUT2D eigenvalue weighted by Gasteiger charge is 1.98. The second-order valence-electron chi connectivity index (χ2n) is 2.00. The van der Waals surface area contributed by atoms with Crippen molar-refractivity contribution in [3.63, 3.8) is 0 Å². The topological polar surface area (TPSA) is 39.6 Å². The summed E-state index contributed by atoms with van der Waals surface area (Å²) in [6.45, 7) is 3.59. The van der Waals surface area contributed by atoms with E-state index in [1.54, 1.807) is 12.3 Å². The summed E-state index contributed by atoms with van der Waals surface area (Å²) in [4.78, 5) is 2.86. The van der Waals surface area contributed by atoms with E-state index in [1.807, 2.05) is 6.20 Å². The molecule has 10 heavy (non-hydrogen) atoms. The lowest BCUT2D eigenvalue weighted by Gasteiger charge is -1.87. The summed E-state index contributed by atoms with van der Waals surface area (Å²) in [7, 11) is 0. The predicted octanol–water partition coefficient (Wildman–Crippen LogP) is 1.61. The molecule has 0 fully saturated rings. The average Bonchev–Trinajstić information content (AvgIpc) is 2.36. The molecule has 0 saturated carbocycles. The molecule has 1 aromatic rings. The first-order valence-corrected chi connectivity index (χ1v) is 3.05. The minimum Gasteiger partial charge on any atom is -0.366 e. The van der Waals surface area contributed by atoms with E-state index in [0.29, 0.717) is 5.56 Å². The summed E-state index contributed by atoms with van der Waals surface area (Å²) in [5.74, 6) is 0. The first-order valence-electron chi connectivity index (χ1n) is 3.05. The van der Waals surface area contributed by atoms with Crippen LogP contribution in [0, 0.1) is 11.3 Å². The number of aromatic amines is 1. The third-order valence-electron chi connectivity index (χ3n) is 1.32. The van der Waals surface area contributed by atoms with Crippen LogP contribution in [0.2, 0.25) is 0 Å². The Bertz CT molecular complexity index is 265. The lowest BCUT2D eigenvalue weighted by Crippen LogP contribution is -1.78. The van der Waals surface area contributed by atoms with Gasteiger partial charge in [-0.1, -0.05) is 6.08 Å². The molecule has 50 valence electrons. The summed E-state index contributed by atoms with van der Waals surface area (Å²) in [6, 6.07) is 2.08. The Morgan fingerprint density at radius 3 is 3.10 bits per heavy atom. The zero-order valence-electron chi connectivity index (χ0n) is 5.59. The van der Waals surface area contributed by atoms with Crippen LogP contribution in [0.1, 0.15) is 11.1 Å². The van der Waals surface area contributed by atoms with E-state index in [9.17, 15) is 0 Å². The molecule has 0 radical (unpaired) electrons. The third kappa shape index (κ3) is 1.08. The summed E-state index contributed by atoms with van der Waals surface area (Å²) in [5, 5.41) is 8.53. The van der Waals surface area contributed by atoms with Gasteiger partial charge < -0.3 is 4.98 Å². The summed E-state index contributed by atoms with van der Waals surface area (Å²) in [5.41, 5.74) is 1.72. The number of H-pyrrole nitrogens is 1. The van der Waals surface area contributed by atoms with Gasteiger partial charge in [0.25, 0.3) is 0 Å². The van der Waals surface area contributed by atoms with E-state index in [1.165, 1.54) is 0 Å². The van der Waals surface area contributed by atoms with Gasteiger partial charge in [0, 0.05) is 12.4 Å². The lowest BCUT2D eigenvalue weighted by molar-refractivity contribution is 1.27. The van der Waals surface area contributed by atoms with Crippen molar-refractivity contribution in [3.05, 3.63) is 36.2 Å². The summed E-state index contributed by atoms with van der Waals surface area (Å²) in [6.07, 6.45) is 6.05. The maximum absolute atomic E-state index is 8.53. The Balaban J connectivity index is 2.92. The molecule has 0 spiro atoms. The van der Waals surface area contributed by atoms with Crippen molar-refractivity contribution in [3.8, 4) is 6.07 Å². The summed E-state index contributed by atoms with van der Waals surface area (Å²) >= 11 is 0. The van der Waals surface area contributed by atoms with Gasteiger partial charge in [-0.05, 0) is 12.0 Å². The van der Waals surface area contributed by atoms with Crippen LogP contribution in [-0.4, -0.2) is 4.98 Å². The molecule has 0 bridgehead atoms. The first-order chi connectivity index (χ1) is 4.88. The SMILES string of the molecule is C=CCc1c[nH]cc1C#N. The van der Waals surface area contributed by atoms with Gasteiger partial charge in [-0.2, -0.15) is 5.26 Å². The Labute approximate surface area is 59.8 Å². The summed E-state index contributed by atoms with van der Waals surface area (Å²) < 4.78 is 0. The zero-order chi connectivity index (χ0) is 7.40. The fraction of sp³-hybridized carbons (Fsp3) is 0.125. The molecule has 1 heterocycles. The van der Waals surface area contributed by atoms with Crippen LogP contribution >= 0.6 is 0 Å². The van der Waals surface area contributed by atoms with Crippen LogP contribution in [0.25, 0.3) is 0 Å². The quantitative estimate of drug-likeness (QED) is 0.610. The number of rotatable bonds is 2. The van der Waals surface area contributed by atoms with Crippen molar-refractivity contribution in [1.29, 1.82) is 5.26 Å².